The molecule has 0 amide bonds. The van der Waals surface area contributed by atoms with Gasteiger partial charge in [0.15, 0.2) is 0 Å². The average Bonchev–Trinajstić information content (AvgIpc) is 3.04. The van der Waals surface area contributed by atoms with Crippen LogP contribution in [0.3, 0.4) is 0 Å². The van der Waals surface area contributed by atoms with Gasteiger partial charge in [-0.2, -0.15) is 0 Å². The van der Waals surface area contributed by atoms with E-state index in [9.17, 15) is 15.3 Å². The maximum absolute atomic E-state index is 11.8. The van der Waals surface area contributed by atoms with Crippen LogP contribution in [0, 0.1) is 50.2 Å². The highest BCUT2D eigenvalue weighted by molar-refractivity contribution is 5.37. The lowest BCUT2D eigenvalue weighted by Crippen LogP contribution is -2.72. The van der Waals surface area contributed by atoms with E-state index in [1.54, 1.807) is 0 Å². The molecule has 1 heterocycles. The molecule has 11 atom stereocenters. The minimum absolute atomic E-state index is 0.00534. The van der Waals surface area contributed by atoms with Crippen LogP contribution < -0.4 is 0 Å². The third-order valence-corrected chi connectivity index (χ3v) is 13.2. The van der Waals surface area contributed by atoms with Gasteiger partial charge in [-0.1, -0.05) is 65.8 Å². The van der Waals surface area contributed by atoms with Crippen molar-refractivity contribution in [2.45, 2.75) is 97.9 Å². The molecule has 34 heavy (non-hydrogen) atoms. The second-order valence-electron chi connectivity index (χ2n) is 15.0. The zero-order valence-corrected chi connectivity index (χ0v) is 22.1. The van der Waals surface area contributed by atoms with Crippen molar-refractivity contribution in [1.82, 2.24) is 0 Å². The molecule has 1 spiro atoms. The molecule has 1 saturated heterocycles. The van der Waals surface area contributed by atoms with Gasteiger partial charge in [-0.05, 0) is 66.6 Å². The van der Waals surface area contributed by atoms with Gasteiger partial charge in [0.2, 0.25) is 0 Å². The summed E-state index contributed by atoms with van der Waals surface area (Å²) in [5.74, 6) is 0.823. The van der Waals surface area contributed by atoms with Crippen molar-refractivity contribution < 1.29 is 20.1 Å². The Hall–Kier alpha value is -0.680. The molecule has 0 aromatic rings. The van der Waals surface area contributed by atoms with Gasteiger partial charge in [0.05, 0.1) is 31.0 Å². The van der Waals surface area contributed by atoms with Crippen LogP contribution in [0.15, 0.2) is 24.3 Å². The van der Waals surface area contributed by atoms with Gasteiger partial charge in [-0.3, -0.25) is 0 Å². The van der Waals surface area contributed by atoms with Crippen LogP contribution in [0.5, 0.6) is 0 Å². The van der Waals surface area contributed by atoms with E-state index in [0.29, 0.717) is 12.5 Å². The molecule has 4 nitrogen and oxygen atoms in total. The summed E-state index contributed by atoms with van der Waals surface area (Å²) in [6, 6.07) is 0. The number of hydrogen-bond donors (Lipinski definition) is 3. The van der Waals surface area contributed by atoms with Crippen molar-refractivity contribution in [3.8, 4) is 0 Å². The van der Waals surface area contributed by atoms with Gasteiger partial charge in [0, 0.05) is 22.2 Å². The number of aliphatic hydroxyl groups is 3. The predicted molar refractivity (Wildman–Crippen MR) is 133 cm³/mol. The summed E-state index contributed by atoms with van der Waals surface area (Å²) in [7, 11) is 0. The van der Waals surface area contributed by atoms with Gasteiger partial charge in [-0.15, -0.1) is 0 Å². The lowest BCUT2D eigenvalue weighted by Gasteiger charge is -2.72. The van der Waals surface area contributed by atoms with Crippen LogP contribution in [0.4, 0.5) is 0 Å². The van der Waals surface area contributed by atoms with Crippen LogP contribution >= 0.6 is 0 Å². The average molecular weight is 471 g/mol. The Bertz CT molecular complexity index is 955. The lowest BCUT2D eigenvalue weighted by atomic mass is 9.32. The Kier molecular flexibility index (Phi) is 4.60. The second-order valence-corrected chi connectivity index (χ2v) is 15.0. The van der Waals surface area contributed by atoms with Gasteiger partial charge in [0.1, 0.15) is 0 Å². The van der Waals surface area contributed by atoms with Gasteiger partial charge < -0.3 is 20.1 Å². The zero-order chi connectivity index (χ0) is 24.6. The molecule has 6 aliphatic rings. The second kappa shape index (κ2) is 6.60. The molecule has 5 aliphatic carbocycles. The van der Waals surface area contributed by atoms with Gasteiger partial charge in [0.25, 0.3) is 0 Å². The van der Waals surface area contributed by atoms with Crippen LogP contribution in [0.1, 0.15) is 80.1 Å². The number of allylic oxidation sites excluding steroid dienone is 2. The van der Waals surface area contributed by atoms with E-state index in [1.165, 1.54) is 0 Å². The summed E-state index contributed by atoms with van der Waals surface area (Å²) >= 11 is 0. The van der Waals surface area contributed by atoms with E-state index < -0.39 is 11.5 Å². The standard InChI is InChI=1S/C30H46O4/c1-24(2)13-14-29-18-34-30(21(29)15-24)12-8-20-25(3)10-9-22(32)26(4,17-31)19(25)7-11-27(20,5)28(30,6)16-23(29)33/h8-10,12,19-23,31-33H,7,11,13-18H2,1-6H3/t19-,20-,21-,22+,23+,25+,26+,27-,28+,29-,30+/m1/s1. The summed E-state index contributed by atoms with van der Waals surface area (Å²) in [6.07, 6.45) is 14.3. The molecule has 4 heteroatoms. The van der Waals surface area contributed by atoms with Crippen molar-refractivity contribution >= 4 is 0 Å². The molecule has 4 fully saturated rings. The van der Waals surface area contributed by atoms with Crippen molar-refractivity contribution in [1.29, 1.82) is 0 Å². The molecule has 3 N–H and O–H groups in total. The van der Waals surface area contributed by atoms with E-state index in [2.05, 4.69) is 59.8 Å². The van der Waals surface area contributed by atoms with E-state index >= 15 is 0 Å². The topological polar surface area (TPSA) is 69.9 Å². The molecular formula is C30H46O4. The van der Waals surface area contributed by atoms with Gasteiger partial charge >= 0.3 is 0 Å². The fourth-order valence-corrected chi connectivity index (χ4v) is 10.8. The first-order valence-electron chi connectivity index (χ1n) is 13.7. The Labute approximate surface area is 205 Å². The quantitative estimate of drug-likeness (QED) is 0.478. The minimum Gasteiger partial charge on any atom is -0.396 e. The zero-order valence-electron chi connectivity index (χ0n) is 22.1. The molecule has 0 aromatic heterocycles. The molecule has 2 bridgehead atoms. The molecule has 0 radical (unpaired) electrons. The third-order valence-electron chi connectivity index (χ3n) is 13.2. The van der Waals surface area contributed by atoms with Gasteiger partial charge in [-0.25, -0.2) is 0 Å². The summed E-state index contributed by atoms with van der Waals surface area (Å²) in [5, 5.41) is 33.1. The smallest absolute Gasteiger partial charge is 0.0957 e. The number of ether oxygens (including phenoxy) is 1. The molecule has 1 aliphatic heterocycles. The number of rotatable bonds is 1. The van der Waals surface area contributed by atoms with E-state index in [0.717, 1.165) is 38.5 Å². The Morgan fingerprint density at radius 2 is 1.62 bits per heavy atom. The first-order valence-corrected chi connectivity index (χ1v) is 13.7. The highest BCUT2D eigenvalue weighted by Crippen LogP contribution is 2.78. The largest absolute Gasteiger partial charge is 0.396 e. The van der Waals surface area contributed by atoms with Crippen molar-refractivity contribution in [3.63, 3.8) is 0 Å². The monoisotopic (exact) mass is 470 g/mol. The van der Waals surface area contributed by atoms with Crippen LogP contribution in [-0.2, 0) is 4.74 Å². The molecule has 3 saturated carbocycles. The van der Waals surface area contributed by atoms with Crippen molar-refractivity contribution in [3.05, 3.63) is 24.3 Å². The Balaban J connectivity index is 1.52. The molecular weight excluding hydrogens is 424 g/mol. The Morgan fingerprint density at radius 3 is 2.32 bits per heavy atom. The van der Waals surface area contributed by atoms with Crippen LogP contribution in [-0.4, -0.2) is 46.3 Å². The minimum atomic E-state index is -0.616. The summed E-state index contributed by atoms with van der Waals surface area (Å²) < 4.78 is 6.99. The maximum atomic E-state index is 11.8. The van der Waals surface area contributed by atoms with Crippen LogP contribution in [0.2, 0.25) is 0 Å². The molecule has 0 unspecified atom stereocenters. The summed E-state index contributed by atoms with van der Waals surface area (Å²) in [5.41, 5.74) is -1.07. The number of aliphatic hydroxyl groups excluding tert-OH is 3. The SMILES string of the molecule is CC1(C)CC[C@]23CO[C@@]4(C=C[C@@H]5[C@@]6(C)C=C[C@H](O)[C@@](C)(CO)[C@@H]6CC[C@@]5(C)[C@]4(C)C[C@@H]2O)[C@@H]3C1. The normalized spacial score (nSPS) is 61.3. The highest BCUT2D eigenvalue weighted by Gasteiger charge is 2.78. The summed E-state index contributed by atoms with van der Waals surface area (Å²) in [6.45, 7) is 14.8. The maximum Gasteiger partial charge on any atom is 0.0957 e. The van der Waals surface area contributed by atoms with Crippen molar-refractivity contribution in [2.75, 3.05) is 13.2 Å². The Morgan fingerprint density at radius 1 is 0.882 bits per heavy atom. The van der Waals surface area contributed by atoms with E-state index in [4.69, 9.17) is 4.74 Å². The van der Waals surface area contributed by atoms with E-state index in [1.807, 2.05) is 6.08 Å². The highest BCUT2D eigenvalue weighted by atomic mass is 16.5. The molecule has 0 aromatic carbocycles. The fourth-order valence-electron chi connectivity index (χ4n) is 10.8. The third kappa shape index (κ3) is 2.37. The van der Waals surface area contributed by atoms with Crippen molar-refractivity contribution in [2.24, 2.45) is 50.2 Å². The summed E-state index contributed by atoms with van der Waals surface area (Å²) in [4.78, 5) is 0. The fraction of sp³-hybridized carbons (Fsp3) is 0.867. The number of fused-ring (bicyclic) bond motifs is 4. The molecule has 6 rings (SSSR count). The first-order chi connectivity index (χ1) is 15.7. The molecule has 190 valence electrons. The first kappa shape index (κ1) is 23.7. The number of hydrogen-bond acceptors (Lipinski definition) is 4. The predicted octanol–water partition coefficient (Wildman–Crippen LogP) is 4.88. The van der Waals surface area contributed by atoms with Crippen LogP contribution in [0.25, 0.3) is 0 Å². The van der Waals surface area contributed by atoms with E-state index in [-0.39, 0.29) is 57.2 Å². The lowest BCUT2D eigenvalue weighted by molar-refractivity contribution is -0.245.